The van der Waals surface area contributed by atoms with Crippen molar-refractivity contribution in [3.05, 3.63) is 32.2 Å². The Balaban J connectivity index is 1.79. The standard InChI is InChI=1S/C20H19IN4O4S/c1-9-8-20(2,3)25-16-11(9)5-10(21)6-12(16)15(18(25)28)23-24-19-22-17(27)13(30-19)7-14(26)29-4/h5-7,9,28H,8H2,1-4H3/b13-7-,24-23?. The van der Waals surface area contributed by atoms with E-state index in [1.54, 1.807) is 0 Å². The molecule has 0 spiro atoms. The summed E-state index contributed by atoms with van der Waals surface area (Å²) in [5, 5.41) is 20.3. The van der Waals surface area contributed by atoms with Gasteiger partial charge in [0.15, 0.2) is 5.69 Å². The third-order valence-electron chi connectivity index (χ3n) is 5.24. The maximum absolute atomic E-state index is 12.0. The first kappa shape index (κ1) is 21.0. The number of hydrogen-bond acceptors (Lipinski definition) is 7. The number of amidine groups is 1. The molecular weight excluding hydrogens is 519 g/mol. The number of amides is 1. The Morgan fingerprint density at radius 2 is 2.17 bits per heavy atom. The molecule has 2 aromatic rings. The zero-order chi connectivity index (χ0) is 21.8. The van der Waals surface area contributed by atoms with E-state index >= 15 is 0 Å². The van der Waals surface area contributed by atoms with Crippen LogP contribution in [0.5, 0.6) is 5.88 Å². The summed E-state index contributed by atoms with van der Waals surface area (Å²) in [4.78, 5) is 27.3. The third kappa shape index (κ3) is 3.45. The van der Waals surface area contributed by atoms with Gasteiger partial charge in [0.2, 0.25) is 11.0 Å². The minimum Gasteiger partial charge on any atom is -0.493 e. The summed E-state index contributed by atoms with van der Waals surface area (Å²) in [6.07, 6.45) is 1.95. The molecule has 156 valence electrons. The summed E-state index contributed by atoms with van der Waals surface area (Å²) >= 11 is 3.19. The predicted octanol–water partition coefficient (Wildman–Crippen LogP) is 4.96. The highest BCUT2D eigenvalue weighted by Crippen LogP contribution is 2.51. The van der Waals surface area contributed by atoms with Gasteiger partial charge >= 0.3 is 5.97 Å². The number of esters is 1. The fourth-order valence-corrected chi connectivity index (χ4v) is 5.44. The van der Waals surface area contributed by atoms with Gasteiger partial charge in [0.05, 0.1) is 17.5 Å². The van der Waals surface area contributed by atoms with Crippen LogP contribution in [0.3, 0.4) is 0 Å². The van der Waals surface area contributed by atoms with Gasteiger partial charge in [-0.25, -0.2) is 4.79 Å². The number of carbonyl (C=O) groups excluding carboxylic acids is 2. The number of aliphatic imine (C=N–C) groups is 1. The van der Waals surface area contributed by atoms with Crippen LogP contribution in [0.15, 0.2) is 38.3 Å². The molecule has 0 bridgehead atoms. The van der Waals surface area contributed by atoms with E-state index < -0.39 is 11.9 Å². The molecule has 0 fully saturated rings. The Hall–Kier alpha value is -2.21. The van der Waals surface area contributed by atoms with Crippen molar-refractivity contribution in [3.63, 3.8) is 0 Å². The van der Waals surface area contributed by atoms with Crippen LogP contribution in [-0.4, -0.2) is 33.8 Å². The molecule has 1 unspecified atom stereocenters. The molecule has 1 N–H and O–H groups in total. The summed E-state index contributed by atoms with van der Waals surface area (Å²) in [6.45, 7) is 6.36. The van der Waals surface area contributed by atoms with Crippen LogP contribution in [0.1, 0.15) is 38.7 Å². The summed E-state index contributed by atoms with van der Waals surface area (Å²) in [5.74, 6) is -0.844. The molecule has 3 heterocycles. The van der Waals surface area contributed by atoms with Gasteiger partial charge in [-0.15, -0.1) is 10.2 Å². The van der Waals surface area contributed by atoms with E-state index in [0.717, 1.165) is 38.7 Å². The normalized spacial score (nSPS) is 21.6. The van der Waals surface area contributed by atoms with Gasteiger partial charge in [-0.05, 0) is 78.2 Å². The number of benzene rings is 1. The number of ether oxygens (including phenoxy) is 1. The van der Waals surface area contributed by atoms with E-state index in [1.165, 1.54) is 12.7 Å². The molecule has 2 aliphatic rings. The number of rotatable bonds is 2. The van der Waals surface area contributed by atoms with Crippen LogP contribution < -0.4 is 0 Å². The number of aromatic nitrogens is 1. The topological polar surface area (TPSA) is 106 Å². The van der Waals surface area contributed by atoms with Crippen molar-refractivity contribution >= 4 is 68.0 Å². The van der Waals surface area contributed by atoms with E-state index in [2.05, 4.69) is 69.4 Å². The zero-order valence-electron chi connectivity index (χ0n) is 16.8. The average molecular weight is 538 g/mol. The smallest absolute Gasteiger partial charge is 0.331 e. The van der Waals surface area contributed by atoms with Crippen LogP contribution in [0.4, 0.5) is 5.69 Å². The van der Waals surface area contributed by atoms with Crippen molar-refractivity contribution in [1.82, 2.24) is 4.57 Å². The number of carbonyl (C=O) groups is 2. The maximum Gasteiger partial charge on any atom is 0.331 e. The monoisotopic (exact) mass is 538 g/mol. The first-order valence-electron chi connectivity index (χ1n) is 9.22. The van der Waals surface area contributed by atoms with Crippen molar-refractivity contribution < 1.29 is 19.4 Å². The summed E-state index contributed by atoms with van der Waals surface area (Å²) in [5.41, 5.74) is 2.17. The molecule has 0 saturated carbocycles. The second-order valence-corrected chi connectivity index (χ2v) is 10.1. The molecule has 1 aromatic heterocycles. The fraction of sp³-hybridized carbons (Fsp3) is 0.350. The van der Waals surface area contributed by atoms with Gasteiger partial charge in [0, 0.05) is 20.6 Å². The SMILES string of the molecule is COC(=O)/C=C1\SC(N=Nc2c(O)n3c4c(cc(I)cc24)C(C)CC3(C)C)=NC1=O. The van der Waals surface area contributed by atoms with E-state index in [9.17, 15) is 14.7 Å². The molecule has 0 saturated heterocycles. The van der Waals surface area contributed by atoms with Crippen LogP contribution >= 0.6 is 34.4 Å². The number of nitrogens with zero attached hydrogens (tertiary/aromatic N) is 4. The number of hydrogen-bond donors (Lipinski definition) is 1. The largest absolute Gasteiger partial charge is 0.493 e. The molecule has 4 rings (SSSR count). The first-order valence-corrected chi connectivity index (χ1v) is 11.1. The van der Waals surface area contributed by atoms with Crippen molar-refractivity contribution in [2.24, 2.45) is 15.2 Å². The lowest BCUT2D eigenvalue weighted by molar-refractivity contribution is -0.135. The zero-order valence-corrected chi connectivity index (χ0v) is 19.7. The van der Waals surface area contributed by atoms with Crippen molar-refractivity contribution in [2.45, 2.75) is 38.6 Å². The number of azo groups is 1. The number of methoxy groups -OCH3 is 1. The molecule has 2 aliphatic heterocycles. The van der Waals surface area contributed by atoms with Gasteiger partial charge in [0.25, 0.3) is 5.91 Å². The predicted molar refractivity (Wildman–Crippen MR) is 123 cm³/mol. The highest BCUT2D eigenvalue weighted by atomic mass is 127. The van der Waals surface area contributed by atoms with Crippen LogP contribution in [0.2, 0.25) is 0 Å². The van der Waals surface area contributed by atoms with Gasteiger partial charge in [-0.3, -0.25) is 4.79 Å². The third-order valence-corrected chi connectivity index (χ3v) is 6.73. The van der Waals surface area contributed by atoms with E-state index in [0.29, 0.717) is 11.6 Å². The molecule has 8 nitrogen and oxygen atoms in total. The number of aromatic hydroxyl groups is 1. The summed E-state index contributed by atoms with van der Waals surface area (Å²) in [6, 6.07) is 4.11. The molecular formula is C20H19IN4O4S. The maximum atomic E-state index is 12.0. The van der Waals surface area contributed by atoms with Gasteiger partial charge < -0.3 is 14.4 Å². The lowest BCUT2D eigenvalue weighted by Gasteiger charge is -2.36. The van der Waals surface area contributed by atoms with E-state index in [-0.39, 0.29) is 21.5 Å². The Morgan fingerprint density at radius 3 is 2.87 bits per heavy atom. The lowest BCUT2D eigenvalue weighted by Crippen LogP contribution is -2.31. The Labute approximate surface area is 190 Å². The molecule has 30 heavy (non-hydrogen) atoms. The molecule has 0 radical (unpaired) electrons. The van der Waals surface area contributed by atoms with Crippen LogP contribution in [0.25, 0.3) is 10.9 Å². The highest BCUT2D eigenvalue weighted by Gasteiger charge is 2.36. The Kier molecular flexibility index (Phi) is 5.25. The van der Waals surface area contributed by atoms with Crippen molar-refractivity contribution in [1.29, 1.82) is 0 Å². The molecule has 10 heteroatoms. The average Bonchev–Trinajstić information content (AvgIpc) is 3.15. The Morgan fingerprint density at radius 1 is 1.43 bits per heavy atom. The van der Waals surface area contributed by atoms with Crippen LogP contribution in [-0.2, 0) is 19.9 Å². The van der Waals surface area contributed by atoms with Gasteiger partial charge in [-0.2, -0.15) is 4.99 Å². The molecule has 1 atom stereocenters. The van der Waals surface area contributed by atoms with Crippen LogP contribution in [0, 0.1) is 3.57 Å². The van der Waals surface area contributed by atoms with Gasteiger partial charge in [-0.1, -0.05) is 6.92 Å². The summed E-state index contributed by atoms with van der Waals surface area (Å²) in [7, 11) is 1.23. The lowest BCUT2D eigenvalue weighted by atomic mass is 9.82. The molecule has 0 aliphatic carbocycles. The molecule has 1 amide bonds. The number of halogens is 1. The fourth-order valence-electron chi connectivity index (χ4n) is 4.10. The number of thioether (sulfide) groups is 1. The highest BCUT2D eigenvalue weighted by molar-refractivity contribution is 14.1. The molecule has 1 aromatic carbocycles. The second kappa shape index (κ2) is 7.49. The quantitative estimate of drug-likeness (QED) is 0.252. The minimum absolute atomic E-state index is 0.0362. The van der Waals surface area contributed by atoms with Gasteiger partial charge in [0.1, 0.15) is 0 Å². The minimum atomic E-state index is -0.642. The van der Waals surface area contributed by atoms with Crippen molar-refractivity contribution in [3.8, 4) is 5.88 Å². The summed E-state index contributed by atoms with van der Waals surface area (Å²) < 4.78 is 7.50. The Bertz CT molecular complexity index is 1200. The second-order valence-electron chi connectivity index (χ2n) is 7.85. The first-order chi connectivity index (χ1) is 14.1. The van der Waals surface area contributed by atoms with Crippen molar-refractivity contribution in [2.75, 3.05) is 7.11 Å². The van der Waals surface area contributed by atoms with E-state index in [1.807, 2.05) is 10.6 Å². The van der Waals surface area contributed by atoms with E-state index in [4.69, 9.17) is 0 Å².